The lowest BCUT2D eigenvalue weighted by Gasteiger charge is -2.77. The highest BCUT2D eigenvalue weighted by Gasteiger charge is 2.83. The van der Waals surface area contributed by atoms with Crippen LogP contribution < -0.4 is 9.47 Å². The van der Waals surface area contributed by atoms with E-state index in [0.29, 0.717) is 18.8 Å². The third-order valence-corrected chi connectivity index (χ3v) is 12.9. The number of nitrogens with zero attached hydrogens (tertiary/aromatic N) is 1. The molecule has 1 aromatic carbocycles. The van der Waals surface area contributed by atoms with E-state index in [1.165, 1.54) is 56.3 Å². The molecule has 208 valence electrons. The van der Waals surface area contributed by atoms with Gasteiger partial charge in [0.25, 0.3) is 0 Å². The molecule has 8 aliphatic rings. The Bertz CT molecular complexity index is 1160. The van der Waals surface area contributed by atoms with Gasteiger partial charge in [-0.3, -0.25) is 4.90 Å². The number of rotatable bonds is 6. The maximum Gasteiger partial charge on any atom is 0.165 e. The maximum absolute atomic E-state index is 7.34. The lowest BCUT2D eigenvalue weighted by atomic mass is 9.33. The van der Waals surface area contributed by atoms with Crippen LogP contribution in [0.2, 0.25) is 0 Å². The average Bonchev–Trinajstić information content (AvgIpc) is 3.62. The van der Waals surface area contributed by atoms with E-state index in [2.05, 4.69) is 51.7 Å². The topological polar surface area (TPSA) is 40.2 Å². The maximum atomic E-state index is 7.34. The lowest BCUT2D eigenvalue weighted by molar-refractivity contribution is -0.389. The Morgan fingerprint density at radius 1 is 1.11 bits per heavy atom. The van der Waals surface area contributed by atoms with Crippen molar-refractivity contribution in [3.05, 3.63) is 23.3 Å². The normalized spacial score (nSPS) is 44.4. The van der Waals surface area contributed by atoms with Crippen LogP contribution in [-0.4, -0.2) is 54.7 Å². The molecule has 6 fully saturated rings. The SMILES string of the molecule is CCCCOc1ccc2c3c1O[C@H]1[C@@]45CC[C@@]6(C[C@@H]4[C@@](C)(C(C)(C)C)OCO5)[C@@H](C2)N(CC2CC2)CC[C@]316. The molecule has 3 spiro atoms. The Balaban J connectivity index is 1.32. The van der Waals surface area contributed by atoms with Gasteiger partial charge in [0, 0.05) is 34.9 Å². The highest BCUT2D eigenvalue weighted by atomic mass is 16.7. The summed E-state index contributed by atoms with van der Waals surface area (Å²) in [6.07, 6.45) is 10.9. The summed E-state index contributed by atoms with van der Waals surface area (Å²) in [5.74, 6) is 3.26. The van der Waals surface area contributed by atoms with E-state index in [1.54, 1.807) is 0 Å². The minimum absolute atomic E-state index is 0.0121. The molecule has 5 aliphatic carbocycles. The first-order valence-corrected chi connectivity index (χ1v) is 15.7. The van der Waals surface area contributed by atoms with Crippen molar-refractivity contribution in [3.8, 4) is 11.5 Å². The second kappa shape index (κ2) is 7.70. The molecule has 4 bridgehead atoms. The molecule has 1 aromatic rings. The molecule has 0 amide bonds. The van der Waals surface area contributed by atoms with Gasteiger partial charge in [-0.1, -0.05) is 40.2 Å². The van der Waals surface area contributed by atoms with E-state index in [-0.39, 0.29) is 33.6 Å². The summed E-state index contributed by atoms with van der Waals surface area (Å²) in [5, 5.41) is 0. The van der Waals surface area contributed by atoms with Gasteiger partial charge in [-0.05, 0) is 87.8 Å². The van der Waals surface area contributed by atoms with Crippen LogP contribution >= 0.6 is 0 Å². The zero-order valence-corrected chi connectivity index (χ0v) is 24.2. The summed E-state index contributed by atoms with van der Waals surface area (Å²) in [6.45, 7) is 15.3. The standard InChI is InChI=1S/C33H47NO4/c1-6-7-16-35-23-11-10-22-17-25-31-12-13-33(24(18-31)30(5,29(2,3)4)36-20-37-33)28-32(31,26(22)27(23)38-28)14-15-34(25)19-21-8-9-21/h10-11,21,24-25,28H,6-9,12-20H2,1-5H3/t24-,25-,28-,30+,31-,32+,33-/m1/s1. The van der Waals surface area contributed by atoms with E-state index in [4.69, 9.17) is 18.9 Å². The van der Waals surface area contributed by atoms with Crippen molar-refractivity contribution in [2.24, 2.45) is 22.7 Å². The van der Waals surface area contributed by atoms with Gasteiger partial charge in [-0.2, -0.15) is 0 Å². The predicted molar refractivity (Wildman–Crippen MR) is 147 cm³/mol. The second-order valence-electron chi connectivity index (χ2n) is 15.1. The van der Waals surface area contributed by atoms with Crippen molar-refractivity contribution < 1.29 is 18.9 Å². The number of benzene rings is 1. The molecule has 0 radical (unpaired) electrons. The van der Waals surface area contributed by atoms with Gasteiger partial charge in [0.15, 0.2) is 11.5 Å². The molecule has 5 nitrogen and oxygen atoms in total. The van der Waals surface area contributed by atoms with E-state index in [9.17, 15) is 0 Å². The van der Waals surface area contributed by atoms with Crippen LogP contribution in [0, 0.1) is 22.7 Å². The van der Waals surface area contributed by atoms with Gasteiger partial charge < -0.3 is 18.9 Å². The average molecular weight is 522 g/mol. The largest absolute Gasteiger partial charge is 0.490 e. The molecule has 7 atom stereocenters. The summed E-state index contributed by atoms with van der Waals surface area (Å²) >= 11 is 0. The Morgan fingerprint density at radius 2 is 1.95 bits per heavy atom. The second-order valence-corrected chi connectivity index (χ2v) is 15.1. The van der Waals surface area contributed by atoms with Crippen LogP contribution in [0.15, 0.2) is 12.1 Å². The summed E-state index contributed by atoms with van der Waals surface area (Å²) in [4.78, 5) is 2.93. The number of piperidine rings is 1. The third-order valence-electron chi connectivity index (χ3n) is 12.9. The molecule has 3 heterocycles. The van der Waals surface area contributed by atoms with Gasteiger partial charge in [-0.15, -0.1) is 0 Å². The number of fused-ring (bicyclic) bond motifs is 1. The Morgan fingerprint density at radius 3 is 2.71 bits per heavy atom. The van der Waals surface area contributed by atoms with E-state index in [1.807, 2.05) is 0 Å². The smallest absolute Gasteiger partial charge is 0.165 e. The fraction of sp³-hybridized carbons (Fsp3) is 0.818. The fourth-order valence-corrected chi connectivity index (χ4v) is 10.5. The fourth-order valence-electron chi connectivity index (χ4n) is 10.5. The first kappa shape index (κ1) is 24.5. The van der Waals surface area contributed by atoms with Crippen LogP contribution in [-0.2, 0) is 21.3 Å². The molecule has 4 saturated carbocycles. The van der Waals surface area contributed by atoms with Crippen LogP contribution in [0.4, 0.5) is 0 Å². The summed E-state index contributed by atoms with van der Waals surface area (Å²) in [5.41, 5.74) is 2.72. The first-order chi connectivity index (χ1) is 18.2. The molecule has 9 rings (SSSR count). The van der Waals surface area contributed by atoms with Crippen molar-refractivity contribution in [1.82, 2.24) is 4.90 Å². The van der Waals surface area contributed by atoms with Crippen LogP contribution in [0.1, 0.15) is 97.1 Å². The molecule has 2 saturated heterocycles. The Hall–Kier alpha value is -1.30. The summed E-state index contributed by atoms with van der Waals surface area (Å²) in [7, 11) is 0. The molecule has 0 N–H and O–H groups in total. The van der Waals surface area contributed by atoms with E-state index in [0.717, 1.165) is 49.7 Å². The number of hydrogen-bond donors (Lipinski definition) is 0. The van der Waals surface area contributed by atoms with Crippen LogP contribution in [0.5, 0.6) is 11.5 Å². The minimum Gasteiger partial charge on any atom is -0.490 e. The molecular weight excluding hydrogens is 474 g/mol. The molecule has 3 aliphatic heterocycles. The van der Waals surface area contributed by atoms with Crippen molar-refractivity contribution in [2.45, 2.75) is 121 Å². The number of ether oxygens (including phenoxy) is 4. The number of likely N-dealkylation sites (tertiary alicyclic amines) is 1. The van der Waals surface area contributed by atoms with Crippen LogP contribution in [0.25, 0.3) is 0 Å². The third kappa shape index (κ3) is 2.75. The predicted octanol–water partition coefficient (Wildman–Crippen LogP) is 6.25. The molecule has 38 heavy (non-hydrogen) atoms. The van der Waals surface area contributed by atoms with Crippen molar-refractivity contribution >= 4 is 0 Å². The van der Waals surface area contributed by atoms with Crippen molar-refractivity contribution in [1.29, 1.82) is 0 Å². The molecular formula is C33H47NO4. The first-order valence-electron chi connectivity index (χ1n) is 15.7. The number of unbranched alkanes of at least 4 members (excludes halogenated alkanes) is 1. The van der Waals surface area contributed by atoms with E-state index >= 15 is 0 Å². The Kier molecular flexibility index (Phi) is 4.97. The van der Waals surface area contributed by atoms with Gasteiger partial charge in [0.05, 0.1) is 12.2 Å². The minimum atomic E-state index is -0.306. The molecule has 5 heteroatoms. The zero-order chi connectivity index (χ0) is 26.1. The molecule has 0 aromatic heterocycles. The Labute approximate surface area is 228 Å². The lowest BCUT2D eigenvalue weighted by Crippen LogP contribution is -2.84. The van der Waals surface area contributed by atoms with E-state index < -0.39 is 0 Å². The quantitative estimate of drug-likeness (QED) is 0.414. The summed E-state index contributed by atoms with van der Waals surface area (Å²) < 4.78 is 27.4. The van der Waals surface area contributed by atoms with Gasteiger partial charge in [0.1, 0.15) is 18.5 Å². The van der Waals surface area contributed by atoms with Crippen LogP contribution in [0.3, 0.4) is 0 Å². The van der Waals surface area contributed by atoms with Crippen molar-refractivity contribution in [3.63, 3.8) is 0 Å². The highest BCUT2D eigenvalue weighted by molar-refractivity contribution is 5.64. The highest BCUT2D eigenvalue weighted by Crippen LogP contribution is 2.78. The zero-order valence-electron chi connectivity index (χ0n) is 24.2. The van der Waals surface area contributed by atoms with Gasteiger partial charge in [0.2, 0.25) is 0 Å². The summed E-state index contributed by atoms with van der Waals surface area (Å²) in [6, 6.07) is 5.20. The van der Waals surface area contributed by atoms with Gasteiger partial charge in [-0.25, -0.2) is 0 Å². The van der Waals surface area contributed by atoms with Gasteiger partial charge >= 0.3 is 0 Å². The number of hydrogen-bond acceptors (Lipinski definition) is 5. The monoisotopic (exact) mass is 521 g/mol. The van der Waals surface area contributed by atoms with Crippen molar-refractivity contribution in [2.75, 3.05) is 26.5 Å². The molecule has 0 unspecified atom stereocenters.